The fourth-order valence-electron chi connectivity index (χ4n) is 2.85. The van der Waals surface area contributed by atoms with Gasteiger partial charge in [0.25, 0.3) is 0 Å². The second-order valence-electron chi connectivity index (χ2n) is 5.33. The Balaban J connectivity index is 1.53. The maximum Gasteiger partial charge on any atom is 0.169 e. The molecule has 110 valence electrons. The van der Waals surface area contributed by atoms with Crippen LogP contribution in [0.25, 0.3) is 0 Å². The van der Waals surface area contributed by atoms with E-state index >= 15 is 0 Å². The number of likely N-dealkylation sites (tertiary alicyclic amines) is 1. The molecule has 3 rings (SSSR count). The SMILES string of the molecule is S=C(NCCc1ccccc1)N1CCCC1c1cccs1. The highest BCUT2D eigenvalue weighted by atomic mass is 32.1. The zero-order chi connectivity index (χ0) is 14.5. The van der Waals surface area contributed by atoms with Gasteiger partial charge in [0.1, 0.15) is 0 Å². The number of thiocarbonyl (C=S) groups is 1. The van der Waals surface area contributed by atoms with E-state index in [2.05, 4.69) is 58.1 Å². The van der Waals surface area contributed by atoms with Gasteiger partial charge in [-0.05, 0) is 48.5 Å². The highest BCUT2D eigenvalue weighted by Gasteiger charge is 2.28. The summed E-state index contributed by atoms with van der Waals surface area (Å²) in [5, 5.41) is 6.48. The molecular formula is C17H20N2S2. The normalized spacial score (nSPS) is 17.9. The van der Waals surface area contributed by atoms with Crippen LogP contribution < -0.4 is 5.32 Å². The van der Waals surface area contributed by atoms with Crippen LogP contribution in [0.15, 0.2) is 47.8 Å². The number of hydrogen-bond acceptors (Lipinski definition) is 2. The average Bonchev–Trinajstić information content (AvgIpc) is 3.19. The lowest BCUT2D eigenvalue weighted by Gasteiger charge is -2.27. The van der Waals surface area contributed by atoms with Crippen LogP contribution in [0.4, 0.5) is 0 Å². The van der Waals surface area contributed by atoms with Gasteiger partial charge in [0.05, 0.1) is 6.04 Å². The van der Waals surface area contributed by atoms with E-state index in [9.17, 15) is 0 Å². The van der Waals surface area contributed by atoms with Crippen LogP contribution in [-0.2, 0) is 6.42 Å². The highest BCUT2D eigenvalue weighted by molar-refractivity contribution is 7.80. The molecule has 1 unspecified atom stereocenters. The first-order chi connectivity index (χ1) is 10.3. The maximum atomic E-state index is 5.60. The van der Waals surface area contributed by atoms with E-state index in [-0.39, 0.29) is 0 Å². The molecular weight excluding hydrogens is 296 g/mol. The molecule has 0 radical (unpaired) electrons. The van der Waals surface area contributed by atoms with Gasteiger partial charge in [-0.1, -0.05) is 36.4 Å². The molecule has 0 bridgehead atoms. The molecule has 0 saturated carbocycles. The van der Waals surface area contributed by atoms with Crippen molar-refractivity contribution < 1.29 is 0 Å². The van der Waals surface area contributed by atoms with Crippen molar-refractivity contribution in [3.05, 3.63) is 58.3 Å². The molecule has 2 heterocycles. The molecule has 1 aliphatic rings. The van der Waals surface area contributed by atoms with Crippen LogP contribution in [0.2, 0.25) is 0 Å². The number of nitrogens with zero attached hydrogens (tertiary/aromatic N) is 1. The van der Waals surface area contributed by atoms with Gasteiger partial charge < -0.3 is 10.2 Å². The minimum Gasteiger partial charge on any atom is -0.362 e. The van der Waals surface area contributed by atoms with Gasteiger partial charge in [0.2, 0.25) is 0 Å². The minimum absolute atomic E-state index is 0.474. The van der Waals surface area contributed by atoms with Crippen molar-refractivity contribution in [1.82, 2.24) is 10.2 Å². The first-order valence-corrected chi connectivity index (χ1v) is 8.75. The van der Waals surface area contributed by atoms with Gasteiger partial charge in [-0.15, -0.1) is 11.3 Å². The molecule has 2 aromatic rings. The fourth-order valence-corrected chi connectivity index (χ4v) is 4.04. The Morgan fingerprint density at radius 2 is 2.10 bits per heavy atom. The van der Waals surface area contributed by atoms with E-state index < -0.39 is 0 Å². The molecule has 1 fully saturated rings. The van der Waals surface area contributed by atoms with Crippen molar-refractivity contribution >= 4 is 28.7 Å². The Labute approximate surface area is 135 Å². The number of benzene rings is 1. The smallest absolute Gasteiger partial charge is 0.169 e. The lowest BCUT2D eigenvalue weighted by atomic mass is 10.1. The molecule has 1 atom stereocenters. The van der Waals surface area contributed by atoms with Crippen LogP contribution >= 0.6 is 23.6 Å². The summed E-state index contributed by atoms with van der Waals surface area (Å²) in [5.74, 6) is 0. The standard InChI is InChI=1S/C17H20N2S2/c20-17(18-11-10-14-6-2-1-3-7-14)19-12-4-8-15(19)16-9-5-13-21-16/h1-3,5-7,9,13,15H,4,8,10-12H2,(H,18,20). The molecule has 1 saturated heterocycles. The number of nitrogens with one attached hydrogen (secondary N) is 1. The second kappa shape index (κ2) is 7.05. The van der Waals surface area contributed by atoms with Gasteiger partial charge in [-0.2, -0.15) is 0 Å². The Hall–Kier alpha value is -1.39. The molecule has 2 nitrogen and oxygen atoms in total. The molecule has 1 N–H and O–H groups in total. The predicted octanol–water partition coefficient (Wildman–Crippen LogP) is 4.00. The van der Waals surface area contributed by atoms with Crippen molar-refractivity contribution in [2.45, 2.75) is 25.3 Å². The summed E-state index contributed by atoms with van der Waals surface area (Å²) in [6, 6.07) is 15.4. The first-order valence-electron chi connectivity index (χ1n) is 7.46. The summed E-state index contributed by atoms with van der Waals surface area (Å²) < 4.78 is 0. The number of rotatable bonds is 4. The van der Waals surface area contributed by atoms with Crippen LogP contribution in [-0.4, -0.2) is 23.1 Å². The summed E-state index contributed by atoms with van der Waals surface area (Å²) in [5.41, 5.74) is 1.35. The monoisotopic (exact) mass is 316 g/mol. The fraction of sp³-hybridized carbons (Fsp3) is 0.353. The Morgan fingerprint density at radius 3 is 2.86 bits per heavy atom. The minimum atomic E-state index is 0.474. The number of hydrogen-bond donors (Lipinski definition) is 1. The van der Waals surface area contributed by atoms with Crippen LogP contribution in [0, 0.1) is 0 Å². The van der Waals surface area contributed by atoms with Gasteiger partial charge in [-0.3, -0.25) is 0 Å². The number of thiophene rings is 1. The predicted molar refractivity (Wildman–Crippen MR) is 93.7 cm³/mol. The molecule has 0 amide bonds. The molecule has 1 aliphatic heterocycles. The van der Waals surface area contributed by atoms with Gasteiger partial charge in [0.15, 0.2) is 5.11 Å². The summed E-state index contributed by atoms with van der Waals surface area (Å²) in [6.07, 6.45) is 3.45. The Bertz CT molecular complexity index is 566. The largest absolute Gasteiger partial charge is 0.362 e. The Morgan fingerprint density at radius 1 is 1.24 bits per heavy atom. The molecule has 0 aliphatic carbocycles. The third-order valence-electron chi connectivity index (χ3n) is 3.92. The third-order valence-corrected chi connectivity index (χ3v) is 5.27. The van der Waals surface area contributed by atoms with Crippen molar-refractivity contribution in [3.8, 4) is 0 Å². The Kier molecular flexibility index (Phi) is 4.88. The van der Waals surface area contributed by atoms with E-state index in [0.717, 1.165) is 24.6 Å². The van der Waals surface area contributed by atoms with Crippen LogP contribution in [0.3, 0.4) is 0 Å². The van der Waals surface area contributed by atoms with Crippen molar-refractivity contribution in [1.29, 1.82) is 0 Å². The van der Waals surface area contributed by atoms with Crippen molar-refractivity contribution in [2.24, 2.45) is 0 Å². The average molecular weight is 316 g/mol. The molecule has 4 heteroatoms. The highest BCUT2D eigenvalue weighted by Crippen LogP contribution is 2.34. The van der Waals surface area contributed by atoms with E-state index in [1.807, 2.05) is 11.3 Å². The topological polar surface area (TPSA) is 15.3 Å². The lowest BCUT2D eigenvalue weighted by molar-refractivity contribution is 0.399. The van der Waals surface area contributed by atoms with Crippen LogP contribution in [0.1, 0.15) is 29.3 Å². The van der Waals surface area contributed by atoms with Crippen molar-refractivity contribution in [3.63, 3.8) is 0 Å². The van der Waals surface area contributed by atoms with E-state index in [1.54, 1.807) is 0 Å². The second-order valence-corrected chi connectivity index (χ2v) is 6.70. The first kappa shape index (κ1) is 14.5. The molecule has 0 spiro atoms. The summed E-state index contributed by atoms with van der Waals surface area (Å²) >= 11 is 7.43. The van der Waals surface area contributed by atoms with Gasteiger partial charge in [0, 0.05) is 18.0 Å². The quantitative estimate of drug-likeness (QED) is 0.858. The van der Waals surface area contributed by atoms with Crippen molar-refractivity contribution in [2.75, 3.05) is 13.1 Å². The third kappa shape index (κ3) is 3.63. The summed E-state index contributed by atoms with van der Waals surface area (Å²) in [4.78, 5) is 3.78. The van der Waals surface area contributed by atoms with Crippen LogP contribution in [0.5, 0.6) is 0 Å². The van der Waals surface area contributed by atoms with Gasteiger partial charge >= 0.3 is 0 Å². The lowest BCUT2D eigenvalue weighted by Crippen LogP contribution is -2.39. The summed E-state index contributed by atoms with van der Waals surface area (Å²) in [7, 11) is 0. The maximum absolute atomic E-state index is 5.60. The van der Waals surface area contributed by atoms with E-state index in [4.69, 9.17) is 12.2 Å². The molecule has 1 aromatic carbocycles. The molecule has 21 heavy (non-hydrogen) atoms. The van der Waals surface area contributed by atoms with E-state index in [1.165, 1.54) is 23.3 Å². The van der Waals surface area contributed by atoms with E-state index in [0.29, 0.717) is 6.04 Å². The zero-order valence-corrected chi connectivity index (χ0v) is 13.6. The molecule has 1 aromatic heterocycles. The van der Waals surface area contributed by atoms with Gasteiger partial charge in [-0.25, -0.2) is 0 Å². The zero-order valence-electron chi connectivity index (χ0n) is 12.0. The summed E-state index contributed by atoms with van der Waals surface area (Å²) in [6.45, 7) is 1.97.